The summed E-state index contributed by atoms with van der Waals surface area (Å²) in [6.07, 6.45) is 1.10. The molecule has 102 valence electrons. The summed E-state index contributed by atoms with van der Waals surface area (Å²) in [5.41, 5.74) is 2.93. The van der Waals surface area contributed by atoms with E-state index in [1.54, 1.807) is 0 Å². The van der Waals surface area contributed by atoms with Gasteiger partial charge in [-0.2, -0.15) is 0 Å². The maximum absolute atomic E-state index is 4.80. The van der Waals surface area contributed by atoms with Crippen molar-refractivity contribution in [1.82, 2.24) is 9.97 Å². The number of hydrogen-bond donors (Lipinski definition) is 0. The molecule has 0 spiro atoms. The van der Waals surface area contributed by atoms with Gasteiger partial charge < -0.3 is 4.90 Å². The molecule has 1 heterocycles. The molecule has 1 aromatic carbocycles. The number of benzene rings is 1. The minimum absolute atomic E-state index is 0.424. The standard InChI is InChI=1S/C15H20BrN3/c1-11(2)19(10-6-9-16)15-12(3)17-13-7-4-5-8-14(13)18-15/h4-5,7-8,11H,6,9-10H2,1-3H3. The van der Waals surface area contributed by atoms with Gasteiger partial charge in [0, 0.05) is 17.9 Å². The van der Waals surface area contributed by atoms with E-state index in [0.717, 1.165) is 40.8 Å². The molecule has 0 saturated carbocycles. The van der Waals surface area contributed by atoms with E-state index in [2.05, 4.69) is 39.7 Å². The smallest absolute Gasteiger partial charge is 0.151 e. The Morgan fingerprint density at radius 1 is 1.16 bits per heavy atom. The van der Waals surface area contributed by atoms with Crippen LogP contribution < -0.4 is 4.90 Å². The minimum Gasteiger partial charge on any atom is -0.353 e. The summed E-state index contributed by atoms with van der Waals surface area (Å²) in [5, 5.41) is 1.01. The molecule has 0 unspecified atom stereocenters. The van der Waals surface area contributed by atoms with Gasteiger partial charge in [0.05, 0.1) is 16.7 Å². The third kappa shape index (κ3) is 3.24. The second-order valence-corrected chi connectivity index (χ2v) is 5.74. The fourth-order valence-corrected chi connectivity index (χ4v) is 2.44. The molecule has 0 bridgehead atoms. The minimum atomic E-state index is 0.424. The second-order valence-electron chi connectivity index (χ2n) is 4.95. The van der Waals surface area contributed by atoms with Gasteiger partial charge in [-0.3, -0.25) is 0 Å². The van der Waals surface area contributed by atoms with Gasteiger partial charge in [0.1, 0.15) is 0 Å². The Labute approximate surface area is 123 Å². The van der Waals surface area contributed by atoms with Gasteiger partial charge in [-0.25, -0.2) is 9.97 Å². The fourth-order valence-electron chi connectivity index (χ4n) is 2.19. The van der Waals surface area contributed by atoms with E-state index in [1.807, 2.05) is 31.2 Å². The van der Waals surface area contributed by atoms with Gasteiger partial charge in [0.2, 0.25) is 0 Å². The number of halogens is 1. The lowest BCUT2D eigenvalue weighted by Gasteiger charge is -2.28. The van der Waals surface area contributed by atoms with Crippen LogP contribution in [0.4, 0.5) is 5.82 Å². The fraction of sp³-hybridized carbons (Fsp3) is 0.467. The molecule has 2 aromatic rings. The van der Waals surface area contributed by atoms with E-state index < -0.39 is 0 Å². The van der Waals surface area contributed by atoms with Crippen molar-refractivity contribution in [2.75, 3.05) is 16.8 Å². The third-order valence-electron chi connectivity index (χ3n) is 3.15. The van der Waals surface area contributed by atoms with Crippen molar-refractivity contribution in [2.45, 2.75) is 33.2 Å². The van der Waals surface area contributed by atoms with Crippen molar-refractivity contribution in [2.24, 2.45) is 0 Å². The molecule has 2 rings (SSSR count). The highest BCUT2D eigenvalue weighted by Crippen LogP contribution is 2.22. The first-order chi connectivity index (χ1) is 9.13. The SMILES string of the molecule is Cc1nc2ccccc2nc1N(CCCBr)C(C)C. The predicted octanol–water partition coefficient (Wildman–Crippen LogP) is 3.94. The summed E-state index contributed by atoms with van der Waals surface area (Å²) in [5.74, 6) is 1.01. The van der Waals surface area contributed by atoms with Gasteiger partial charge in [-0.05, 0) is 39.3 Å². The number of rotatable bonds is 5. The highest BCUT2D eigenvalue weighted by atomic mass is 79.9. The first-order valence-electron chi connectivity index (χ1n) is 6.69. The summed E-state index contributed by atoms with van der Waals surface area (Å²) < 4.78 is 0. The molecule has 0 amide bonds. The van der Waals surface area contributed by atoms with Crippen molar-refractivity contribution in [3.63, 3.8) is 0 Å². The third-order valence-corrected chi connectivity index (χ3v) is 3.71. The van der Waals surface area contributed by atoms with Crippen LogP contribution in [0, 0.1) is 6.92 Å². The van der Waals surface area contributed by atoms with Crippen LogP contribution in [0.1, 0.15) is 26.0 Å². The van der Waals surface area contributed by atoms with E-state index in [0.29, 0.717) is 6.04 Å². The molecular weight excluding hydrogens is 302 g/mol. The van der Waals surface area contributed by atoms with Crippen molar-refractivity contribution in [3.8, 4) is 0 Å². The number of nitrogens with zero attached hydrogens (tertiary/aromatic N) is 3. The largest absolute Gasteiger partial charge is 0.353 e. The van der Waals surface area contributed by atoms with E-state index in [1.165, 1.54) is 0 Å². The first kappa shape index (κ1) is 14.3. The average Bonchev–Trinajstić information content (AvgIpc) is 2.39. The molecule has 0 fully saturated rings. The Bertz CT molecular complexity index is 554. The summed E-state index contributed by atoms with van der Waals surface area (Å²) in [4.78, 5) is 11.8. The zero-order valence-electron chi connectivity index (χ0n) is 11.7. The first-order valence-corrected chi connectivity index (χ1v) is 7.81. The highest BCUT2D eigenvalue weighted by Gasteiger charge is 2.15. The molecule has 1 aromatic heterocycles. The van der Waals surface area contributed by atoms with Crippen molar-refractivity contribution < 1.29 is 0 Å². The van der Waals surface area contributed by atoms with Crippen LogP contribution in [0.25, 0.3) is 11.0 Å². The van der Waals surface area contributed by atoms with E-state index >= 15 is 0 Å². The summed E-state index contributed by atoms with van der Waals surface area (Å²) in [6, 6.07) is 8.47. The molecular formula is C15H20BrN3. The normalized spacial score (nSPS) is 11.2. The van der Waals surface area contributed by atoms with Crippen LogP contribution in [-0.4, -0.2) is 27.9 Å². The van der Waals surface area contributed by atoms with E-state index in [-0.39, 0.29) is 0 Å². The number of aromatic nitrogens is 2. The van der Waals surface area contributed by atoms with Gasteiger partial charge in [-0.15, -0.1) is 0 Å². The lowest BCUT2D eigenvalue weighted by Crippen LogP contribution is -2.33. The second kappa shape index (κ2) is 6.33. The van der Waals surface area contributed by atoms with Crippen LogP contribution in [0.3, 0.4) is 0 Å². The molecule has 3 nitrogen and oxygen atoms in total. The maximum Gasteiger partial charge on any atom is 0.151 e. The van der Waals surface area contributed by atoms with Crippen molar-refractivity contribution >= 4 is 32.8 Å². The monoisotopic (exact) mass is 321 g/mol. The number of fused-ring (bicyclic) bond motifs is 1. The Kier molecular flexibility index (Phi) is 4.75. The number of hydrogen-bond acceptors (Lipinski definition) is 3. The Morgan fingerprint density at radius 3 is 2.37 bits per heavy atom. The molecule has 0 aliphatic heterocycles. The molecule has 0 aliphatic rings. The molecule has 4 heteroatoms. The zero-order chi connectivity index (χ0) is 13.8. The number of para-hydroxylation sites is 2. The van der Waals surface area contributed by atoms with Crippen LogP contribution in [0.15, 0.2) is 24.3 Å². The molecule has 0 N–H and O–H groups in total. The Hall–Kier alpha value is -1.16. The van der Waals surface area contributed by atoms with E-state index in [4.69, 9.17) is 4.98 Å². The maximum atomic E-state index is 4.80. The van der Waals surface area contributed by atoms with Crippen LogP contribution in [0.2, 0.25) is 0 Å². The lowest BCUT2D eigenvalue weighted by molar-refractivity contribution is 0.662. The average molecular weight is 322 g/mol. The Balaban J connectivity index is 2.43. The Morgan fingerprint density at radius 2 is 1.79 bits per heavy atom. The van der Waals surface area contributed by atoms with Crippen LogP contribution >= 0.6 is 15.9 Å². The number of alkyl halides is 1. The summed E-state index contributed by atoms with van der Waals surface area (Å²) in [6.45, 7) is 7.43. The van der Waals surface area contributed by atoms with Crippen LogP contribution in [-0.2, 0) is 0 Å². The molecule has 0 atom stereocenters. The van der Waals surface area contributed by atoms with Gasteiger partial charge in [0.25, 0.3) is 0 Å². The number of aryl methyl sites for hydroxylation is 1. The van der Waals surface area contributed by atoms with Crippen molar-refractivity contribution in [3.05, 3.63) is 30.0 Å². The summed E-state index contributed by atoms with van der Waals surface area (Å²) in [7, 11) is 0. The molecule has 0 saturated heterocycles. The van der Waals surface area contributed by atoms with Gasteiger partial charge in [-0.1, -0.05) is 28.1 Å². The van der Waals surface area contributed by atoms with Crippen LogP contribution in [0.5, 0.6) is 0 Å². The molecule has 0 aliphatic carbocycles. The van der Waals surface area contributed by atoms with E-state index in [9.17, 15) is 0 Å². The number of anilines is 1. The van der Waals surface area contributed by atoms with Gasteiger partial charge in [0.15, 0.2) is 5.82 Å². The zero-order valence-corrected chi connectivity index (χ0v) is 13.3. The predicted molar refractivity (Wildman–Crippen MR) is 85.2 cm³/mol. The topological polar surface area (TPSA) is 29.0 Å². The molecule has 0 radical (unpaired) electrons. The van der Waals surface area contributed by atoms with Gasteiger partial charge >= 0.3 is 0 Å². The quantitative estimate of drug-likeness (QED) is 0.781. The highest BCUT2D eigenvalue weighted by molar-refractivity contribution is 9.09. The molecule has 19 heavy (non-hydrogen) atoms. The summed E-state index contributed by atoms with van der Waals surface area (Å²) >= 11 is 3.50. The lowest BCUT2D eigenvalue weighted by atomic mass is 10.2. The van der Waals surface area contributed by atoms with Crippen molar-refractivity contribution in [1.29, 1.82) is 0 Å².